The predicted octanol–water partition coefficient (Wildman–Crippen LogP) is 3.43. The van der Waals surface area contributed by atoms with Gasteiger partial charge in [-0.1, -0.05) is 17.7 Å². The van der Waals surface area contributed by atoms with Gasteiger partial charge in [0.2, 0.25) is 0 Å². The average molecular weight is 462 g/mol. The minimum Gasteiger partial charge on any atom is -0.507 e. The van der Waals surface area contributed by atoms with Gasteiger partial charge in [0.25, 0.3) is 11.7 Å². The van der Waals surface area contributed by atoms with Gasteiger partial charge in [-0.3, -0.25) is 9.59 Å². The van der Waals surface area contributed by atoms with E-state index < -0.39 is 17.7 Å². The molecule has 170 valence electrons. The zero-order valence-electron chi connectivity index (χ0n) is 18.2. The number of benzene rings is 2. The highest BCUT2D eigenvalue weighted by Crippen LogP contribution is 2.42. The van der Waals surface area contributed by atoms with Gasteiger partial charge in [0.15, 0.2) is 11.5 Å². The van der Waals surface area contributed by atoms with Gasteiger partial charge in [0.05, 0.1) is 44.6 Å². The molecule has 1 atom stereocenters. The van der Waals surface area contributed by atoms with Gasteiger partial charge in [0.1, 0.15) is 11.5 Å². The van der Waals surface area contributed by atoms with Crippen LogP contribution in [0.1, 0.15) is 17.2 Å². The molecule has 1 saturated heterocycles. The van der Waals surface area contributed by atoms with Crippen LogP contribution in [0.5, 0.6) is 17.2 Å². The molecule has 0 radical (unpaired) electrons. The summed E-state index contributed by atoms with van der Waals surface area (Å²) in [7, 11) is 5.97. The molecule has 8 nitrogen and oxygen atoms in total. The number of carbonyl (C=O) groups is 2. The summed E-state index contributed by atoms with van der Waals surface area (Å²) in [6, 6.07) is 8.82. The van der Waals surface area contributed by atoms with Crippen molar-refractivity contribution in [1.82, 2.24) is 4.90 Å². The Morgan fingerprint density at radius 1 is 0.969 bits per heavy atom. The highest BCUT2D eigenvalue weighted by atomic mass is 35.5. The number of likely N-dealkylation sites (tertiary alicyclic amines) is 1. The van der Waals surface area contributed by atoms with E-state index in [0.717, 1.165) is 0 Å². The van der Waals surface area contributed by atoms with E-state index in [-0.39, 0.29) is 35.1 Å². The first kappa shape index (κ1) is 23.4. The lowest BCUT2D eigenvalue weighted by Crippen LogP contribution is -2.32. The van der Waals surface area contributed by atoms with Crippen LogP contribution in [-0.2, 0) is 14.3 Å². The Hall–Kier alpha value is -3.23. The molecule has 9 heteroatoms. The normalized spacial score (nSPS) is 17.5. The highest BCUT2D eigenvalue weighted by molar-refractivity contribution is 6.46. The quantitative estimate of drug-likeness (QED) is 0.365. The summed E-state index contributed by atoms with van der Waals surface area (Å²) in [5.74, 6) is -0.539. The number of amides is 1. The van der Waals surface area contributed by atoms with Crippen LogP contribution in [0.25, 0.3) is 5.76 Å². The van der Waals surface area contributed by atoms with Crippen molar-refractivity contribution in [2.75, 3.05) is 41.6 Å². The van der Waals surface area contributed by atoms with E-state index >= 15 is 0 Å². The van der Waals surface area contributed by atoms with E-state index in [1.807, 2.05) is 0 Å². The number of ether oxygens (including phenoxy) is 4. The number of hydrogen-bond acceptors (Lipinski definition) is 7. The molecule has 0 spiro atoms. The molecule has 1 heterocycles. The topological polar surface area (TPSA) is 94.5 Å². The third-order valence-corrected chi connectivity index (χ3v) is 5.52. The molecule has 0 bridgehead atoms. The van der Waals surface area contributed by atoms with Gasteiger partial charge < -0.3 is 29.0 Å². The number of halogens is 1. The number of methoxy groups -OCH3 is 4. The Morgan fingerprint density at radius 3 is 2.22 bits per heavy atom. The second-order valence-corrected chi connectivity index (χ2v) is 7.36. The van der Waals surface area contributed by atoms with E-state index in [2.05, 4.69) is 0 Å². The van der Waals surface area contributed by atoms with Gasteiger partial charge in [-0.05, 0) is 35.9 Å². The van der Waals surface area contributed by atoms with Crippen molar-refractivity contribution in [3.05, 3.63) is 58.1 Å². The van der Waals surface area contributed by atoms with Gasteiger partial charge >= 0.3 is 0 Å². The van der Waals surface area contributed by atoms with Crippen molar-refractivity contribution in [2.24, 2.45) is 0 Å². The fraction of sp³-hybridized carbons (Fsp3) is 0.304. The number of carbonyl (C=O) groups excluding carboxylic acids is 2. The summed E-state index contributed by atoms with van der Waals surface area (Å²) in [6.45, 7) is 0.367. The molecule has 32 heavy (non-hydrogen) atoms. The minimum atomic E-state index is -0.856. The number of Topliss-reactive ketones (excluding diaryl/α,β-unsaturated/α-hetero) is 1. The van der Waals surface area contributed by atoms with Crippen molar-refractivity contribution in [2.45, 2.75) is 6.04 Å². The molecule has 2 aromatic rings. The van der Waals surface area contributed by atoms with Crippen LogP contribution in [0.2, 0.25) is 5.02 Å². The summed E-state index contributed by atoms with van der Waals surface area (Å²) in [5.41, 5.74) is 0.796. The van der Waals surface area contributed by atoms with Crippen molar-refractivity contribution in [3.8, 4) is 17.2 Å². The van der Waals surface area contributed by atoms with Gasteiger partial charge in [-0.15, -0.1) is 0 Å². The molecule has 1 N–H and O–H groups in total. The molecule has 2 aromatic carbocycles. The molecular formula is C23H24ClNO7. The van der Waals surface area contributed by atoms with E-state index in [9.17, 15) is 14.7 Å². The monoisotopic (exact) mass is 461 g/mol. The molecule has 1 fully saturated rings. The van der Waals surface area contributed by atoms with Crippen LogP contribution < -0.4 is 14.2 Å². The number of nitrogens with zero attached hydrogens (tertiary/aromatic N) is 1. The van der Waals surface area contributed by atoms with E-state index in [1.165, 1.54) is 39.4 Å². The number of rotatable bonds is 8. The first-order valence-corrected chi connectivity index (χ1v) is 10.1. The van der Waals surface area contributed by atoms with Crippen molar-refractivity contribution in [1.29, 1.82) is 0 Å². The highest BCUT2D eigenvalue weighted by Gasteiger charge is 2.46. The van der Waals surface area contributed by atoms with Crippen LogP contribution >= 0.6 is 11.6 Å². The summed E-state index contributed by atoms with van der Waals surface area (Å²) in [6.07, 6.45) is 0. The van der Waals surface area contributed by atoms with Crippen LogP contribution in [0, 0.1) is 0 Å². The Bertz CT molecular complexity index is 1070. The van der Waals surface area contributed by atoms with Crippen molar-refractivity contribution in [3.63, 3.8) is 0 Å². The van der Waals surface area contributed by atoms with Crippen LogP contribution in [0.15, 0.2) is 42.0 Å². The van der Waals surface area contributed by atoms with E-state index in [4.69, 9.17) is 30.5 Å². The maximum atomic E-state index is 13.0. The lowest BCUT2D eigenvalue weighted by molar-refractivity contribution is -0.140. The first-order valence-electron chi connectivity index (χ1n) is 9.71. The fourth-order valence-corrected chi connectivity index (χ4v) is 3.90. The van der Waals surface area contributed by atoms with Gasteiger partial charge in [0, 0.05) is 19.2 Å². The molecule has 1 aliphatic rings. The zero-order chi connectivity index (χ0) is 23.4. The van der Waals surface area contributed by atoms with Crippen LogP contribution in [0.3, 0.4) is 0 Å². The summed E-state index contributed by atoms with van der Waals surface area (Å²) in [5, 5.41) is 11.3. The zero-order valence-corrected chi connectivity index (χ0v) is 18.9. The second-order valence-electron chi connectivity index (χ2n) is 6.95. The number of aliphatic hydroxyl groups excluding tert-OH is 1. The maximum absolute atomic E-state index is 13.0. The SMILES string of the molecule is COCCN1C(=O)C(=O)/C(=C(\O)c2ccc(OC)c(Cl)c2)C1c1ccc(OC)c(OC)c1. The third kappa shape index (κ3) is 4.24. The van der Waals surface area contributed by atoms with Gasteiger partial charge in [-0.25, -0.2) is 0 Å². The predicted molar refractivity (Wildman–Crippen MR) is 118 cm³/mol. The van der Waals surface area contributed by atoms with Crippen LogP contribution in [0.4, 0.5) is 0 Å². The summed E-state index contributed by atoms with van der Waals surface area (Å²) in [4.78, 5) is 27.2. The van der Waals surface area contributed by atoms with Crippen LogP contribution in [-0.4, -0.2) is 63.3 Å². The lowest BCUT2D eigenvalue weighted by Gasteiger charge is -2.25. The molecular weight excluding hydrogens is 438 g/mol. The van der Waals surface area contributed by atoms with E-state index in [1.54, 1.807) is 30.3 Å². The number of hydrogen-bond donors (Lipinski definition) is 1. The number of aliphatic hydroxyl groups is 1. The Balaban J connectivity index is 2.20. The Morgan fingerprint density at radius 2 is 1.62 bits per heavy atom. The summed E-state index contributed by atoms with van der Waals surface area (Å²) < 4.78 is 20.9. The van der Waals surface area contributed by atoms with Crippen molar-refractivity contribution < 1.29 is 33.6 Å². The van der Waals surface area contributed by atoms with E-state index in [0.29, 0.717) is 22.8 Å². The smallest absolute Gasteiger partial charge is 0.295 e. The standard InChI is InChI=1S/C23H24ClNO7/c1-29-10-9-25-20(13-5-8-17(31-3)18(12-13)32-4)19(22(27)23(25)28)21(26)14-6-7-16(30-2)15(24)11-14/h5-8,11-12,20,26H,9-10H2,1-4H3/b21-19-. The first-order chi connectivity index (χ1) is 15.4. The average Bonchev–Trinajstić information content (AvgIpc) is 3.06. The summed E-state index contributed by atoms with van der Waals surface area (Å²) >= 11 is 6.20. The Labute approximate surface area is 190 Å². The molecule has 0 aliphatic carbocycles. The number of ketones is 1. The largest absolute Gasteiger partial charge is 0.507 e. The maximum Gasteiger partial charge on any atom is 0.295 e. The molecule has 1 unspecified atom stereocenters. The minimum absolute atomic E-state index is 0.0560. The second kappa shape index (κ2) is 9.93. The van der Waals surface area contributed by atoms with Gasteiger partial charge in [-0.2, -0.15) is 0 Å². The molecule has 1 aliphatic heterocycles. The molecule has 0 aromatic heterocycles. The molecule has 0 saturated carbocycles. The molecule has 3 rings (SSSR count). The molecule has 1 amide bonds. The lowest BCUT2D eigenvalue weighted by atomic mass is 9.95. The third-order valence-electron chi connectivity index (χ3n) is 5.22. The Kier molecular flexibility index (Phi) is 7.27. The van der Waals surface area contributed by atoms with Crippen molar-refractivity contribution >= 4 is 29.1 Å². The fourth-order valence-electron chi connectivity index (χ4n) is 3.64.